The molecule has 0 radical (unpaired) electrons. The van der Waals surface area contributed by atoms with E-state index in [4.69, 9.17) is 56.8 Å². The van der Waals surface area contributed by atoms with Crippen LogP contribution in [0.5, 0.6) is 23.0 Å². The number of hydrogen-bond acceptors (Lipinski definition) is 16. The quantitative estimate of drug-likeness (QED) is 0.212. The third-order valence-electron chi connectivity index (χ3n) is 11.4. The van der Waals surface area contributed by atoms with E-state index >= 15 is 0 Å². The minimum absolute atomic E-state index is 0.139. The molecule has 0 unspecified atom stereocenters. The van der Waals surface area contributed by atoms with Crippen molar-refractivity contribution in [2.24, 2.45) is 0 Å². The number of fused-ring (bicyclic) bond motifs is 3. The molecule has 0 saturated carbocycles. The van der Waals surface area contributed by atoms with E-state index in [0.29, 0.717) is 169 Å². The molecular formula is C52H60O16. The predicted octanol–water partition coefficient (Wildman–Crippen LogP) is 5.29. The number of rotatable bonds is 4. The Morgan fingerprint density at radius 2 is 0.500 bits per heavy atom. The van der Waals surface area contributed by atoms with Crippen molar-refractivity contribution in [1.29, 1.82) is 0 Å². The van der Waals surface area contributed by atoms with Gasteiger partial charge in [-0.25, -0.2) is 0 Å². The second-order valence-corrected chi connectivity index (χ2v) is 16.1. The van der Waals surface area contributed by atoms with Gasteiger partial charge < -0.3 is 56.8 Å². The zero-order valence-corrected chi connectivity index (χ0v) is 38.4. The summed E-state index contributed by atoms with van der Waals surface area (Å²) in [4.78, 5) is 52.3. The molecule has 3 aliphatic rings. The average molecular weight is 941 g/mol. The first-order valence-electron chi connectivity index (χ1n) is 23.1. The Morgan fingerprint density at radius 3 is 0.735 bits per heavy atom. The molecule has 0 amide bonds. The summed E-state index contributed by atoms with van der Waals surface area (Å²) in [5, 5.41) is 0. The highest BCUT2D eigenvalue weighted by Crippen LogP contribution is 2.38. The lowest BCUT2D eigenvalue weighted by molar-refractivity contribution is -0.00706. The van der Waals surface area contributed by atoms with Crippen LogP contribution in [0.4, 0.5) is 0 Å². The number of carbonyl (C=O) groups is 4. The van der Waals surface area contributed by atoms with Crippen LogP contribution in [-0.4, -0.2) is 157 Å². The van der Waals surface area contributed by atoms with Crippen molar-refractivity contribution in [3.05, 3.63) is 115 Å². The van der Waals surface area contributed by atoms with Crippen LogP contribution in [0, 0.1) is 0 Å². The van der Waals surface area contributed by atoms with Crippen LogP contribution in [0.3, 0.4) is 0 Å². The first kappa shape index (κ1) is 50.3. The van der Waals surface area contributed by atoms with Crippen LogP contribution in [0.25, 0.3) is 0 Å². The fourth-order valence-electron chi connectivity index (χ4n) is 8.33. The SMILES string of the molecule is O=Cc1cc2c3c(c1)Cc1cc4cc(c1C=O)Cc1cc(C=O)cc(c1OCCOCCOCCOCCOCCO3)Cc1cc(cc(c1C=O)C2)OCCOCCOCCOCCOCCO4. The monoisotopic (exact) mass is 940 g/mol. The highest BCUT2D eigenvalue weighted by Gasteiger charge is 2.24. The summed E-state index contributed by atoms with van der Waals surface area (Å²) in [6.07, 6.45) is 3.74. The number of ether oxygens (including phenoxy) is 12. The Kier molecular flexibility index (Phi) is 20.3. The Bertz CT molecular complexity index is 2040. The van der Waals surface area contributed by atoms with Gasteiger partial charge in [-0.15, -0.1) is 0 Å². The first-order valence-corrected chi connectivity index (χ1v) is 23.1. The second kappa shape index (κ2) is 27.4. The number of aldehydes is 4. The molecule has 4 aromatic rings. The van der Waals surface area contributed by atoms with E-state index in [2.05, 4.69) is 0 Å². The van der Waals surface area contributed by atoms with Crippen molar-refractivity contribution in [3.63, 3.8) is 0 Å². The number of hydrogen-bond donors (Lipinski definition) is 0. The normalized spacial score (nSPS) is 18.0. The summed E-state index contributed by atoms with van der Waals surface area (Å²) in [6.45, 7) is 6.00. The molecule has 0 aromatic heterocycles. The van der Waals surface area contributed by atoms with Crippen molar-refractivity contribution in [2.45, 2.75) is 25.7 Å². The van der Waals surface area contributed by atoms with E-state index in [1.54, 1.807) is 24.3 Å². The topological polar surface area (TPSA) is 179 Å². The van der Waals surface area contributed by atoms with Crippen LogP contribution in [0.2, 0.25) is 0 Å². The molecule has 12 bridgehead atoms. The fourth-order valence-corrected chi connectivity index (χ4v) is 8.33. The van der Waals surface area contributed by atoms with E-state index in [1.807, 2.05) is 24.3 Å². The minimum atomic E-state index is 0.139. The largest absolute Gasteiger partial charge is 0.491 e. The lowest BCUT2D eigenvalue weighted by Crippen LogP contribution is -2.15. The van der Waals surface area contributed by atoms with Gasteiger partial charge in [0.15, 0.2) is 12.6 Å². The first-order chi connectivity index (χ1) is 33.6. The van der Waals surface area contributed by atoms with Gasteiger partial charge in [-0.1, -0.05) is 0 Å². The molecule has 0 N–H and O–H groups in total. The molecule has 2 heterocycles. The van der Waals surface area contributed by atoms with E-state index in [9.17, 15) is 19.2 Å². The Labute approximate surface area is 396 Å². The molecular weight excluding hydrogens is 881 g/mol. The summed E-state index contributed by atoms with van der Waals surface area (Å²) in [7, 11) is 0. The zero-order chi connectivity index (χ0) is 47.2. The van der Waals surface area contributed by atoms with Gasteiger partial charge in [0.25, 0.3) is 0 Å². The molecule has 0 atom stereocenters. The summed E-state index contributed by atoms with van der Waals surface area (Å²) < 4.78 is 72.0. The van der Waals surface area contributed by atoms with Gasteiger partial charge in [-0.2, -0.15) is 0 Å². The van der Waals surface area contributed by atoms with Gasteiger partial charge in [-0.05, 0) is 93.0 Å². The smallest absolute Gasteiger partial charge is 0.150 e. The van der Waals surface area contributed by atoms with Crippen molar-refractivity contribution >= 4 is 25.1 Å². The molecule has 0 fully saturated rings. The average Bonchev–Trinajstić information content (AvgIpc) is 3.33. The molecule has 0 saturated heterocycles. The molecule has 0 spiro atoms. The zero-order valence-electron chi connectivity index (χ0n) is 38.4. The highest BCUT2D eigenvalue weighted by atomic mass is 16.6. The lowest BCUT2D eigenvalue weighted by Gasteiger charge is -2.23. The number of carbonyl (C=O) groups excluding carboxylic acids is 4. The molecule has 4 aromatic carbocycles. The molecule has 16 nitrogen and oxygen atoms in total. The lowest BCUT2D eigenvalue weighted by atomic mass is 9.87. The summed E-state index contributed by atoms with van der Waals surface area (Å²) in [5.74, 6) is 1.90. The van der Waals surface area contributed by atoms with Crippen molar-refractivity contribution in [3.8, 4) is 23.0 Å². The Balaban J connectivity index is 1.43. The van der Waals surface area contributed by atoms with Crippen LogP contribution >= 0.6 is 0 Å². The standard InChI is InChI=1S/C52H60O16/c53-33-37-21-43-25-39-29-47-30-40(49(39)35-55)26-44-22-38(34-54)24-46-28-42-32-48(66-18-14-62-10-6-58-2-1-57-5-9-61-13-17-65-47)31-41(50(42)36-56)27-45(23-37)51(43)67-19-15-63-11-7-59-3-4-60-8-12-64-16-20-68-52(44)46/h21-24,29-36H,1-20,25-28H2. The van der Waals surface area contributed by atoms with E-state index in [0.717, 1.165) is 25.1 Å². The fraction of sp³-hybridized carbons (Fsp3) is 0.462. The van der Waals surface area contributed by atoms with E-state index in [1.165, 1.54) is 0 Å². The number of benzene rings is 4. The third-order valence-corrected chi connectivity index (χ3v) is 11.4. The van der Waals surface area contributed by atoms with Crippen LogP contribution in [0.1, 0.15) is 85.9 Å². The molecule has 7 rings (SSSR count). The molecule has 68 heavy (non-hydrogen) atoms. The minimum Gasteiger partial charge on any atom is -0.491 e. The second-order valence-electron chi connectivity index (χ2n) is 16.1. The van der Waals surface area contributed by atoms with E-state index in [-0.39, 0.29) is 78.5 Å². The predicted molar refractivity (Wildman–Crippen MR) is 247 cm³/mol. The molecule has 364 valence electrons. The van der Waals surface area contributed by atoms with Gasteiger partial charge in [0.05, 0.1) is 106 Å². The molecule has 2 aliphatic heterocycles. The van der Waals surface area contributed by atoms with Crippen LogP contribution < -0.4 is 18.9 Å². The maximum Gasteiger partial charge on any atom is 0.150 e. The van der Waals surface area contributed by atoms with Gasteiger partial charge in [0.1, 0.15) is 62.0 Å². The van der Waals surface area contributed by atoms with Gasteiger partial charge in [0.2, 0.25) is 0 Å². The maximum atomic E-state index is 13.4. The third kappa shape index (κ3) is 14.7. The maximum absolute atomic E-state index is 13.4. The summed E-state index contributed by atoms with van der Waals surface area (Å²) >= 11 is 0. The van der Waals surface area contributed by atoms with Crippen molar-refractivity contribution in [2.75, 3.05) is 132 Å². The van der Waals surface area contributed by atoms with Crippen LogP contribution in [0.15, 0.2) is 48.5 Å². The highest BCUT2D eigenvalue weighted by molar-refractivity contribution is 5.84. The Hall–Kier alpha value is -5.56. The Morgan fingerprint density at radius 1 is 0.265 bits per heavy atom. The van der Waals surface area contributed by atoms with Crippen LogP contribution in [-0.2, 0) is 63.6 Å². The molecule has 1 aliphatic carbocycles. The van der Waals surface area contributed by atoms with Crippen molar-refractivity contribution in [1.82, 2.24) is 0 Å². The van der Waals surface area contributed by atoms with Gasteiger partial charge in [0, 0.05) is 47.9 Å². The summed E-state index contributed by atoms with van der Waals surface area (Å²) in [6, 6.07) is 14.2. The summed E-state index contributed by atoms with van der Waals surface area (Å²) in [5.41, 5.74) is 6.42. The van der Waals surface area contributed by atoms with E-state index < -0.39 is 0 Å². The van der Waals surface area contributed by atoms with Gasteiger partial charge in [-0.3, -0.25) is 19.2 Å². The molecule has 16 heteroatoms. The van der Waals surface area contributed by atoms with Crippen molar-refractivity contribution < 1.29 is 76.0 Å². The van der Waals surface area contributed by atoms with Gasteiger partial charge >= 0.3 is 0 Å².